The minimum atomic E-state index is -0.839. The van der Waals surface area contributed by atoms with Crippen molar-refractivity contribution >= 4 is 11.7 Å². The Morgan fingerprint density at radius 1 is 1.25 bits per heavy atom. The highest BCUT2D eigenvalue weighted by Crippen LogP contribution is 2.46. The maximum atomic E-state index is 12.4. The molecule has 0 N–H and O–H groups in total. The zero-order chi connectivity index (χ0) is 17.9. The van der Waals surface area contributed by atoms with E-state index in [2.05, 4.69) is 0 Å². The SMILES string of the molecule is COc1cc(C(=O)OCC2(C)COC2)c([N+](=O)[O-])c(OC)c1OC. The average molecular weight is 341 g/mol. The molecule has 1 heterocycles. The number of nitro groups is 1. The van der Waals surface area contributed by atoms with Gasteiger partial charge in [-0.3, -0.25) is 10.1 Å². The fourth-order valence-electron chi connectivity index (χ4n) is 2.33. The van der Waals surface area contributed by atoms with Crippen molar-refractivity contribution in [3.05, 3.63) is 21.7 Å². The third kappa shape index (κ3) is 3.21. The van der Waals surface area contributed by atoms with Crippen LogP contribution >= 0.6 is 0 Å². The van der Waals surface area contributed by atoms with Gasteiger partial charge in [0.25, 0.3) is 0 Å². The molecule has 1 aromatic carbocycles. The third-order valence-electron chi connectivity index (χ3n) is 3.66. The van der Waals surface area contributed by atoms with E-state index in [9.17, 15) is 14.9 Å². The molecule has 2 rings (SSSR count). The van der Waals surface area contributed by atoms with Crippen LogP contribution in [-0.4, -0.2) is 52.0 Å². The Bertz CT molecular complexity index is 653. The summed E-state index contributed by atoms with van der Waals surface area (Å²) < 4.78 is 25.6. The van der Waals surface area contributed by atoms with E-state index in [1.54, 1.807) is 0 Å². The summed E-state index contributed by atoms with van der Waals surface area (Å²) in [5.74, 6) is -0.881. The van der Waals surface area contributed by atoms with Crippen LogP contribution in [0.4, 0.5) is 5.69 Å². The summed E-state index contributed by atoms with van der Waals surface area (Å²) in [6.07, 6.45) is 0. The first-order valence-electron chi connectivity index (χ1n) is 7.09. The Kier molecular flexibility index (Phi) is 5.13. The third-order valence-corrected chi connectivity index (χ3v) is 3.66. The van der Waals surface area contributed by atoms with Gasteiger partial charge in [0.05, 0.1) is 39.5 Å². The molecular formula is C15H19NO8. The number of esters is 1. The van der Waals surface area contributed by atoms with Crippen LogP contribution in [0.15, 0.2) is 6.07 Å². The Hall–Kier alpha value is -2.55. The molecule has 0 bridgehead atoms. The molecule has 9 heteroatoms. The number of hydrogen-bond donors (Lipinski definition) is 0. The highest BCUT2D eigenvalue weighted by Gasteiger charge is 2.37. The van der Waals surface area contributed by atoms with Crippen molar-refractivity contribution in [1.82, 2.24) is 0 Å². The summed E-state index contributed by atoms with van der Waals surface area (Å²) in [4.78, 5) is 23.1. The van der Waals surface area contributed by atoms with Crippen molar-refractivity contribution in [1.29, 1.82) is 0 Å². The molecule has 132 valence electrons. The molecule has 0 aliphatic carbocycles. The van der Waals surface area contributed by atoms with E-state index in [0.717, 1.165) is 0 Å². The predicted octanol–water partition coefficient (Wildman–Crippen LogP) is 1.81. The molecule has 1 fully saturated rings. The number of benzene rings is 1. The topological polar surface area (TPSA) is 106 Å². The minimum Gasteiger partial charge on any atom is -0.493 e. The predicted molar refractivity (Wildman–Crippen MR) is 82.0 cm³/mol. The summed E-state index contributed by atoms with van der Waals surface area (Å²) in [5.41, 5.74) is -1.07. The lowest BCUT2D eigenvalue weighted by molar-refractivity contribution is -0.386. The van der Waals surface area contributed by atoms with Crippen LogP contribution < -0.4 is 14.2 Å². The van der Waals surface area contributed by atoms with Gasteiger partial charge in [-0.2, -0.15) is 0 Å². The van der Waals surface area contributed by atoms with Gasteiger partial charge in [-0.15, -0.1) is 0 Å². The highest BCUT2D eigenvalue weighted by atomic mass is 16.6. The highest BCUT2D eigenvalue weighted by molar-refractivity contribution is 5.97. The second-order valence-corrected chi connectivity index (χ2v) is 5.68. The summed E-state index contributed by atoms with van der Waals surface area (Å²) in [5, 5.41) is 11.4. The van der Waals surface area contributed by atoms with Crippen molar-refractivity contribution < 1.29 is 33.4 Å². The molecule has 0 aromatic heterocycles. The van der Waals surface area contributed by atoms with Crippen LogP contribution in [0.2, 0.25) is 0 Å². The Labute approximate surface area is 138 Å². The van der Waals surface area contributed by atoms with Gasteiger partial charge in [-0.05, 0) is 0 Å². The first-order valence-corrected chi connectivity index (χ1v) is 7.09. The molecule has 0 saturated carbocycles. The van der Waals surface area contributed by atoms with E-state index < -0.39 is 16.6 Å². The minimum absolute atomic E-state index is 0.0302. The fourth-order valence-corrected chi connectivity index (χ4v) is 2.33. The van der Waals surface area contributed by atoms with Crippen molar-refractivity contribution in [3.8, 4) is 17.2 Å². The van der Waals surface area contributed by atoms with E-state index in [-0.39, 0.29) is 34.8 Å². The maximum absolute atomic E-state index is 12.4. The molecule has 0 unspecified atom stereocenters. The van der Waals surface area contributed by atoms with Gasteiger partial charge < -0.3 is 23.7 Å². The van der Waals surface area contributed by atoms with Gasteiger partial charge in [0, 0.05) is 11.5 Å². The Balaban J connectivity index is 2.43. The second-order valence-electron chi connectivity index (χ2n) is 5.68. The number of ether oxygens (including phenoxy) is 5. The molecular weight excluding hydrogens is 322 g/mol. The lowest BCUT2D eigenvalue weighted by atomic mass is 9.90. The molecule has 0 atom stereocenters. The Morgan fingerprint density at radius 3 is 2.29 bits per heavy atom. The van der Waals surface area contributed by atoms with Crippen LogP contribution in [-0.2, 0) is 9.47 Å². The van der Waals surface area contributed by atoms with Crippen LogP contribution in [0.25, 0.3) is 0 Å². The standard InChI is InChI=1S/C15H19NO8/c1-15(6-23-7-15)8-24-14(17)9-5-10(20-2)12(21-3)13(22-4)11(9)16(18)19/h5H,6-8H2,1-4H3. The molecule has 0 radical (unpaired) electrons. The van der Waals surface area contributed by atoms with Crippen LogP contribution in [0.1, 0.15) is 17.3 Å². The molecule has 24 heavy (non-hydrogen) atoms. The van der Waals surface area contributed by atoms with Crippen molar-refractivity contribution in [3.63, 3.8) is 0 Å². The first-order chi connectivity index (χ1) is 11.4. The second kappa shape index (κ2) is 6.91. The van der Waals surface area contributed by atoms with Gasteiger partial charge >= 0.3 is 11.7 Å². The van der Waals surface area contributed by atoms with Crippen molar-refractivity contribution in [2.75, 3.05) is 41.2 Å². The summed E-state index contributed by atoms with van der Waals surface area (Å²) >= 11 is 0. The number of rotatable bonds is 7. The van der Waals surface area contributed by atoms with Gasteiger partial charge in [-0.1, -0.05) is 6.92 Å². The maximum Gasteiger partial charge on any atom is 0.345 e. The lowest BCUT2D eigenvalue weighted by Gasteiger charge is -2.37. The average Bonchev–Trinajstić information content (AvgIpc) is 2.55. The number of hydrogen-bond acceptors (Lipinski definition) is 8. The first kappa shape index (κ1) is 17.8. The zero-order valence-corrected chi connectivity index (χ0v) is 13.9. The molecule has 0 amide bonds. The van der Waals surface area contributed by atoms with Gasteiger partial charge in [0.2, 0.25) is 11.5 Å². The molecule has 1 saturated heterocycles. The number of nitrogens with zero attached hydrogens (tertiary/aromatic N) is 1. The van der Waals surface area contributed by atoms with Gasteiger partial charge in [-0.25, -0.2) is 4.79 Å². The molecule has 1 aliphatic heterocycles. The number of carbonyl (C=O) groups excluding carboxylic acids is 1. The molecule has 1 aliphatic rings. The quantitative estimate of drug-likeness (QED) is 0.420. The summed E-state index contributed by atoms with van der Waals surface area (Å²) in [6, 6.07) is 1.21. The number of carbonyl (C=O) groups is 1. The molecule has 9 nitrogen and oxygen atoms in total. The van der Waals surface area contributed by atoms with E-state index in [1.807, 2.05) is 6.92 Å². The van der Waals surface area contributed by atoms with Gasteiger partial charge in [0.15, 0.2) is 5.75 Å². The largest absolute Gasteiger partial charge is 0.493 e. The van der Waals surface area contributed by atoms with Crippen LogP contribution in [0, 0.1) is 15.5 Å². The van der Waals surface area contributed by atoms with E-state index in [1.165, 1.54) is 27.4 Å². The Morgan fingerprint density at radius 2 is 1.88 bits per heavy atom. The zero-order valence-electron chi connectivity index (χ0n) is 13.9. The smallest absolute Gasteiger partial charge is 0.345 e. The normalized spacial score (nSPS) is 15.2. The molecule has 0 spiro atoms. The van der Waals surface area contributed by atoms with Crippen molar-refractivity contribution in [2.24, 2.45) is 5.41 Å². The fraction of sp³-hybridized carbons (Fsp3) is 0.533. The number of nitro benzene ring substituents is 1. The van der Waals surface area contributed by atoms with E-state index in [4.69, 9.17) is 23.7 Å². The van der Waals surface area contributed by atoms with Crippen LogP contribution in [0.3, 0.4) is 0 Å². The van der Waals surface area contributed by atoms with E-state index in [0.29, 0.717) is 13.2 Å². The summed E-state index contributed by atoms with van der Waals surface area (Å²) in [7, 11) is 3.91. The monoisotopic (exact) mass is 341 g/mol. The van der Waals surface area contributed by atoms with Crippen molar-refractivity contribution in [2.45, 2.75) is 6.92 Å². The lowest BCUT2D eigenvalue weighted by Crippen LogP contribution is -2.44. The van der Waals surface area contributed by atoms with E-state index >= 15 is 0 Å². The van der Waals surface area contributed by atoms with Gasteiger partial charge in [0.1, 0.15) is 12.2 Å². The summed E-state index contributed by atoms with van der Waals surface area (Å²) in [6.45, 7) is 2.93. The van der Waals surface area contributed by atoms with Crippen LogP contribution in [0.5, 0.6) is 17.2 Å². The number of methoxy groups -OCH3 is 3. The molecule has 1 aromatic rings.